The van der Waals surface area contributed by atoms with E-state index in [0.717, 1.165) is 0 Å². The van der Waals surface area contributed by atoms with Gasteiger partial charge in [-0.15, -0.1) is 11.6 Å². The van der Waals surface area contributed by atoms with Crippen molar-refractivity contribution >= 4 is 27.5 Å². The summed E-state index contributed by atoms with van der Waals surface area (Å²) in [7, 11) is 0. The largest absolute Gasteiger partial charge is 0.392 e. The first-order valence-corrected chi connectivity index (χ1v) is 5.06. The van der Waals surface area contributed by atoms with Crippen LogP contribution < -0.4 is 0 Å². The Balaban J connectivity index is 3.28. The molecule has 1 rings (SSSR count). The van der Waals surface area contributed by atoms with Gasteiger partial charge in [-0.25, -0.2) is 13.8 Å². The molecule has 0 radical (unpaired) electrons. The minimum atomic E-state index is -2.64. The zero-order valence-electron chi connectivity index (χ0n) is 6.98. The summed E-state index contributed by atoms with van der Waals surface area (Å²) in [5, 5.41) is 8.88. The van der Waals surface area contributed by atoms with Crippen molar-refractivity contribution in [1.82, 2.24) is 4.98 Å². The van der Waals surface area contributed by atoms with E-state index < -0.39 is 13.0 Å². The number of alkyl halides is 3. The summed E-state index contributed by atoms with van der Waals surface area (Å²) in [5.74, 6) is 0.0596. The number of halogens is 4. The fourth-order valence-corrected chi connectivity index (χ4v) is 1.75. The summed E-state index contributed by atoms with van der Waals surface area (Å²) in [5.41, 5.74) is 0.227. The third-order valence-corrected chi connectivity index (χ3v) is 2.62. The van der Waals surface area contributed by atoms with Crippen LogP contribution in [0.3, 0.4) is 0 Å². The maximum atomic E-state index is 12.5. The molecule has 0 aromatic carbocycles. The highest BCUT2D eigenvalue weighted by Crippen LogP contribution is 2.28. The summed E-state index contributed by atoms with van der Waals surface area (Å²) in [6.07, 6.45) is -2.64. The van der Waals surface area contributed by atoms with Gasteiger partial charge in [-0.05, 0) is 22.0 Å². The predicted octanol–water partition coefficient (Wildman–Crippen LogP) is 3.01. The van der Waals surface area contributed by atoms with Gasteiger partial charge in [-0.1, -0.05) is 0 Å². The Morgan fingerprint density at radius 1 is 1.57 bits per heavy atom. The number of hydrogen-bond acceptors (Lipinski definition) is 2. The lowest BCUT2D eigenvalue weighted by Gasteiger charge is -2.09. The molecule has 0 atom stereocenters. The Morgan fingerprint density at radius 2 is 2.21 bits per heavy atom. The number of rotatable bonds is 3. The fourth-order valence-electron chi connectivity index (χ4n) is 1.03. The number of aliphatic hydroxyl groups excluding tert-OH is 1. The van der Waals surface area contributed by atoms with Gasteiger partial charge in [0.2, 0.25) is 0 Å². The third kappa shape index (κ3) is 2.40. The predicted molar refractivity (Wildman–Crippen MR) is 52.4 cm³/mol. The van der Waals surface area contributed by atoms with Gasteiger partial charge in [0.15, 0.2) is 0 Å². The van der Waals surface area contributed by atoms with E-state index in [1.807, 2.05) is 0 Å². The van der Waals surface area contributed by atoms with Crippen LogP contribution >= 0.6 is 27.5 Å². The minimum absolute atomic E-state index is 0.0596. The van der Waals surface area contributed by atoms with Gasteiger partial charge in [0.25, 0.3) is 6.43 Å². The van der Waals surface area contributed by atoms with Crippen molar-refractivity contribution < 1.29 is 13.9 Å². The Hall–Kier alpha value is -0.260. The maximum absolute atomic E-state index is 12.5. The molecule has 0 bridgehead atoms. The maximum Gasteiger partial charge on any atom is 0.264 e. The van der Waals surface area contributed by atoms with E-state index in [9.17, 15) is 8.78 Å². The molecule has 0 saturated carbocycles. The van der Waals surface area contributed by atoms with Crippen molar-refractivity contribution in [3.05, 3.63) is 27.5 Å². The van der Waals surface area contributed by atoms with E-state index >= 15 is 0 Å². The summed E-state index contributed by atoms with van der Waals surface area (Å²) in [4.78, 5) is 3.90. The van der Waals surface area contributed by atoms with Gasteiger partial charge < -0.3 is 5.11 Å². The molecule has 0 aliphatic rings. The standard InChI is InChI=1S/C8H7BrClF2NO/c9-7-6(3-14)5(8(11)12)1-4(2-10)13-7/h1,8,14H,2-3H2. The number of hydrogen-bond donors (Lipinski definition) is 1. The summed E-state index contributed by atoms with van der Waals surface area (Å²) >= 11 is 8.48. The van der Waals surface area contributed by atoms with Crippen LogP contribution in [-0.4, -0.2) is 10.1 Å². The fraction of sp³-hybridized carbons (Fsp3) is 0.375. The molecule has 1 aromatic heterocycles. The van der Waals surface area contributed by atoms with Gasteiger partial charge in [0.1, 0.15) is 4.60 Å². The van der Waals surface area contributed by atoms with Crippen molar-refractivity contribution in [3.63, 3.8) is 0 Å². The Morgan fingerprint density at radius 3 is 2.64 bits per heavy atom. The zero-order valence-corrected chi connectivity index (χ0v) is 9.32. The van der Waals surface area contributed by atoms with E-state index in [1.165, 1.54) is 6.07 Å². The summed E-state index contributed by atoms with van der Waals surface area (Å²) < 4.78 is 25.2. The molecule has 2 nitrogen and oxygen atoms in total. The van der Waals surface area contributed by atoms with Crippen molar-refractivity contribution in [3.8, 4) is 0 Å². The van der Waals surface area contributed by atoms with Crippen molar-refractivity contribution in [2.45, 2.75) is 18.9 Å². The molecule has 0 fully saturated rings. The second-order valence-electron chi connectivity index (χ2n) is 2.56. The molecule has 0 aliphatic heterocycles. The second kappa shape index (κ2) is 5.00. The van der Waals surface area contributed by atoms with Gasteiger partial charge in [0.05, 0.1) is 18.2 Å². The van der Waals surface area contributed by atoms with Crippen molar-refractivity contribution in [1.29, 1.82) is 0 Å². The van der Waals surface area contributed by atoms with Crippen LogP contribution in [0.1, 0.15) is 23.2 Å². The lowest BCUT2D eigenvalue weighted by molar-refractivity contribution is 0.146. The normalized spacial score (nSPS) is 11.0. The molecule has 1 N–H and O–H groups in total. The van der Waals surface area contributed by atoms with Gasteiger partial charge >= 0.3 is 0 Å². The molecule has 0 amide bonds. The molecule has 0 unspecified atom stereocenters. The van der Waals surface area contributed by atoms with Crippen LogP contribution in [0.2, 0.25) is 0 Å². The highest BCUT2D eigenvalue weighted by atomic mass is 79.9. The van der Waals surface area contributed by atoms with Gasteiger partial charge in [-0.2, -0.15) is 0 Å². The van der Waals surface area contributed by atoms with Crippen LogP contribution in [0.25, 0.3) is 0 Å². The average Bonchev–Trinajstić information content (AvgIpc) is 2.16. The SMILES string of the molecule is OCc1c(C(F)F)cc(CCl)nc1Br. The summed E-state index contributed by atoms with van der Waals surface area (Å²) in [6, 6.07) is 1.20. The molecule has 0 aliphatic carbocycles. The lowest BCUT2D eigenvalue weighted by Crippen LogP contribution is -2.01. The van der Waals surface area contributed by atoms with Crippen LogP contribution in [-0.2, 0) is 12.5 Å². The number of aromatic nitrogens is 1. The molecule has 14 heavy (non-hydrogen) atoms. The monoisotopic (exact) mass is 285 g/mol. The van der Waals surface area contributed by atoms with Crippen LogP contribution in [0.15, 0.2) is 10.7 Å². The molecular formula is C8H7BrClF2NO. The van der Waals surface area contributed by atoms with Gasteiger partial charge in [0, 0.05) is 11.1 Å². The second-order valence-corrected chi connectivity index (χ2v) is 3.58. The lowest BCUT2D eigenvalue weighted by atomic mass is 10.1. The number of aliphatic hydroxyl groups is 1. The van der Waals surface area contributed by atoms with Crippen molar-refractivity contribution in [2.75, 3.05) is 0 Å². The van der Waals surface area contributed by atoms with Crippen molar-refractivity contribution in [2.24, 2.45) is 0 Å². The van der Waals surface area contributed by atoms with Crippen LogP contribution in [0.4, 0.5) is 8.78 Å². The highest BCUT2D eigenvalue weighted by molar-refractivity contribution is 9.10. The minimum Gasteiger partial charge on any atom is -0.392 e. The molecule has 0 saturated heterocycles. The average molecular weight is 287 g/mol. The smallest absolute Gasteiger partial charge is 0.264 e. The third-order valence-electron chi connectivity index (χ3n) is 1.69. The highest BCUT2D eigenvalue weighted by Gasteiger charge is 2.17. The first kappa shape index (κ1) is 11.8. The first-order valence-electron chi connectivity index (χ1n) is 3.73. The Kier molecular flexibility index (Phi) is 4.22. The van der Waals surface area contributed by atoms with E-state index in [1.54, 1.807) is 0 Å². The molecule has 0 spiro atoms. The first-order chi connectivity index (χ1) is 6.60. The Bertz CT molecular complexity index is 335. The quantitative estimate of drug-likeness (QED) is 0.684. The molecule has 6 heteroatoms. The van der Waals surface area contributed by atoms with Gasteiger partial charge in [-0.3, -0.25) is 0 Å². The molecular weight excluding hydrogens is 279 g/mol. The molecule has 1 aromatic rings. The van der Waals surface area contributed by atoms with E-state index in [4.69, 9.17) is 16.7 Å². The zero-order chi connectivity index (χ0) is 10.7. The number of pyridine rings is 1. The van der Waals surface area contributed by atoms with Crippen LogP contribution in [0.5, 0.6) is 0 Å². The van der Waals surface area contributed by atoms with E-state index in [-0.39, 0.29) is 21.6 Å². The van der Waals surface area contributed by atoms with E-state index in [2.05, 4.69) is 20.9 Å². The topological polar surface area (TPSA) is 33.1 Å². The summed E-state index contributed by atoms with van der Waals surface area (Å²) in [6.45, 7) is -0.476. The van der Waals surface area contributed by atoms with Crippen LogP contribution in [0, 0.1) is 0 Å². The van der Waals surface area contributed by atoms with E-state index in [0.29, 0.717) is 5.69 Å². The molecule has 78 valence electrons. The molecule has 1 heterocycles. The number of nitrogens with zero attached hydrogens (tertiary/aromatic N) is 1. The Labute approximate surface area is 93.0 Å².